The van der Waals surface area contributed by atoms with E-state index in [1.54, 1.807) is 0 Å². The average molecular weight is 257 g/mol. The SMILES string of the molecule is Cc1ccccc1C(SCCN)c1ccccc1. The molecule has 0 amide bonds. The molecule has 0 aliphatic heterocycles. The Labute approximate surface area is 113 Å². The zero-order chi connectivity index (χ0) is 12.8. The van der Waals surface area contributed by atoms with Gasteiger partial charge in [0.05, 0.1) is 5.25 Å². The van der Waals surface area contributed by atoms with Crippen LogP contribution in [0.2, 0.25) is 0 Å². The third-order valence-electron chi connectivity index (χ3n) is 2.98. The first-order valence-corrected chi connectivity index (χ1v) is 7.30. The highest BCUT2D eigenvalue weighted by molar-refractivity contribution is 7.99. The number of benzene rings is 2. The summed E-state index contributed by atoms with van der Waals surface area (Å²) in [7, 11) is 0. The van der Waals surface area contributed by atoms with Crippen molar-refractivity contribution in [3.05, 3.63) is 71.3 Å². The van der Waals surface area contributed by atoms with Crippen LogP contribution in [0.5, 0.6) is 0 Å². The van der Waals surface area contributed by atoms with Crippen LogP contribution < -0.4 is 5.73 Å². The molecule has 1 atom stereocenters. The average Bonchev–Trinajstić information content (AvgIpc) is 2.42. The Morgan fingerprint density at radius 1 is 1.00 bits per heavy atom. The Kier molecular flexibility index (Phi) is 4.85. The summed E-state index contributed by atoms with van der Waals surface area (Å²) in [6.07, 6.45) is 0. The van der Waals surface area contributed by atoms with E-state index in [0.717, 1.165) is 12.3 Å². The fourth-order valence-corrected chi connectivity index (χ4v) is 3.23. The van der Waals surface area contributed by atoms with Crippen molar-refractivity contribution in [1.29, 1.82) is 0 Å². The Bertz CT molecular complexity index is 481. The van der Waals surface area contributed by atoms with Crippen molar-refractivity contribution in [3.63, 3.8) is 0 Å². The molecule has 2 N–H and O–H groups in total. The van der Waals surface area contributed by atoms with E-state index in [0.29, 0.717) is 5.25 Å². The van der Waals surface area contributed by atoms with Gasteiger partial charge in [0.1, 0.15) is 0 Å². The minimum Gasteiger partial charge on any atom is -0.330 e. The second-order valence-corrected chi connectivity index (χ2v) is 5.52. The molecule has 0 radical (unpaired) electrons. The highest BCUT2D eigenvalue weighted by atomic mass is 32.2. The van der Waals surface area contributed by atoms with E-state index in [2.05, 4.69) is 61.5 Å². The van der Waals surface area contributed by atoms with Crippen LogP contribution in [0, 0.1) is 6.92 Å². The van der Waals surface area contributed by atoms with Crippen LogP contribution in [0.1, 0.15) is 21.9 Å². The zero-order valence-electron chi connectivity index (χ0n) is 10.7. The normalized spacial score (nSPS) is 12.3. The third kappa shape index (κ3) is 3.15. The molecule has 0 heterocycles. The van der Waals surface area contributed by atoms with E-state index in [-0.39, 0.29) is 0 Å². The molecular formula is C16H19NS. The number of rotatable bonds is 5. The molecule has 0 saturated carbocycles. The van der Waals surface area contributed by atoms with Gasteiger partial charge in [-0.1, -0.05) is 54.6 Å². The maximum Gasteiger partial charge on any atom is 0.0549 e. The second kappa shape index (κ2) is 6.62. The van der Waals surface area contributed by atoms with Crippen molar-refractivity contribution in [3.8, 4) is 0 Å². The van der Waals surface area contributed by atoms with Crippen molar-refractivity contribution in [1.82, 2.24) is 0 Å². The number of thioether (sulfide) groups is 1. The third-order valence-corrected chi connectivity index (χ3v) is 4.31. The molecular weight excluding hydrogens is 238 g/mol. The summed E-state index contributed by atoms with van der Waals surface area (Å²) in [5.41, 5.74) is 9.74. The monoisotopic (exact) mass is 257 g/mol. The molecule has 0 spiro atoms. The van der Waals surface area contributed by atoms with Gasteiger partial charge >= 0.3 is 0 Å². The van der Waals surface area contributed by atoms with E-state index in [1.165, 1.54) is 16.7 Å². The highest BCUT2D eigenvalue weighted by Gasteiger charge is 2.15. The number of hydrogen-bond donors (Lipinski definition) is 1. The summed E-state index contributed by atoms with van der Waals surface area (Å²) >= 11 is 1.92. The number of hydrogen-bond acceptors (Lipinski definition) is 2. The standard InChI is InChI=1S/C16H19NS/c1-13-7-5-6-10-15(13)16(18-12-11-17)14-8-3-2-4-9-14/h2-10,16H,11-12,17H2,1H3. The Balaban J connectivity index is 2.34. The predicted octanol–water partition coefficient (Wildman–Crippen LogP) is 3.78. The van der Waals surface area contributed by atoms with E-state index >= 15 is 0 Å². The van der Waals surface area contributed by atoms with Crippen LogP contribution in [-0.4, -0.2) is 12.3 Å². The molecule has 0 saturated heterocycles. The fraction of sp³-hybridized carbons (Fsp3) is 0.250. The van der Waals surface area contributed by atoms with Crippen LogP contribution in [0.15, 0.2) is 54.6 Å². The lowest BCUT2D eigenvalue weighted by molar-refractivity contribution is 1.10. The molecule has 94 valence electrons. The number of nitrogens with two attached hydrogens (primary N) is 1. The summed E-state index contributed by atoms with van der Waals surface area (Å²) in [6, 6.07) is 19.3. The Morgan fingerprint density at radius 3 is 2.33 bits per heavy atom. The smallest absolute Gasteiger partial charge is 0.0549 e. The maximum atomic E-state index is 5.65. The number of aryl methyl sites for hydroxylation is 1. The van der Waals surface area contributed by atoms with E-state index in [1.807, 2.05) is 11.8 Å². The molecule has 1 unspecified atom stereocenters. The van der Waals surface area contributed by atoms with Crippen LogP contribution >= 0.6 is 11.8 Å². The van der Waals surface area contributed by atoms with Gasteiger partial charge in [0.2, 0.25) is 0 Å². The molecule has 2 aromatic rings. The molecule has 0 aromatic heterocycles. The van der Waals surface area contributed by atoms with Crippen LogP contribution in [0.4, 0.5) is 0 Å². The second-order valence-electron chi connectivity index (χ2n) is 4.31. The molecule has 2 aromatic carbocycles. The van der Waals surface area contributed by atoms with Gasteiger partial charge in [-0.05, 0) is 23.6 Å². The van der Waals surface area contributed by atoms with Crippen molar-refractivity contribution in [2.45, 2.75) is 12.2 Å². The van der Waals surface area contributed by atoms with Gasteiger partial charge in [0, 0.05) is 12.3 Å². The van der Waals surface area contributed by atoms with Gasteiger partial charge in [-0.3, -0.25) is 0 Å². The largest absolute Gasteiger partial charge is 0.330 e. The first-order chi connectivity index (χ1) is 8.83. The van der Waals surface area contributed by atoms with Crippen LogP contribution in [-0.2, 0) is 0 Å². The summed E-state index contributed by atoms with van der Waals surface area (Å²) in [6.45, 7) is 2.90. The summed E-state index contributed by atoms with van der Waals surface area (Å²) in [5.74, 6) is 0.980. The minimum atomic E-state index is 0.385. The summed E-state index contributed by atoms with van der Waals surface area (Å²) < 4.78 is 0. The molecule has 0 aliphatic carbocycles. The molecule has 1 nitrogen and oxygen atoms in total. The van der Waals surface area contributed by atoms with Crippen LogP contribution in [0.3, 0.4) is 0 Å². The topological polar surface area (TPSA) is 26.0 Å². The minimum absolute atomic E-state index is 0.385. The van der Waals surface area contributed by atoms with E-state index in [4.69, 9.17) is 5.73 Å². The van der Waals surface area contributed by atoms with E-state index < -0.39 is 0 Å². The summed E-state index contributed by atoms with van der Waals surface area (Å²) in [5, 5.41) is 0.385. The lowest BCUT2D eigenvalue weighted by atomic mass is 10.0. The van der Waals surface area contributed by atoms with Crippen molar-refractivity contribution < 1.29 is 0 Å². The summed E-state index contributed by atoms with van der Waals surface area (Å²) in [4.78, 5) is 0. The van der Waals surface area contributed by atoms with Gasteiger partial charge < -0.3 is 5.73 Å². The van der Waals surface area contributed by atoms with Crippen molar-refractivity contribution >= 4 is 11.8 Å². The van der Waals surface area contributed by atoms with Gasteiger partial charge in [-0.25, -0.2) is 0 Å². The van der Waals surface area contributed by atoms with Gasteiger partial charge in [-0.15, -0.1) is 11.8 Å². The lowest BCUT2D eigenvalue weighted by Gasteiger charge is -2.19. The molecule has 2 heteroatoms. The van der Waals surface area contributed by atoms with Crippen LogP contribution in [0.25, 0.3) is 0 Å². The van der Waals surface area contributed by atoms with Crippen molar-refractivity contribution in [2.24, 2.45) is 5.73 Å². The lowest BCUT2D eigenvalue weighted by Crippen LogP contribution is -2.06. The van der Waals surface area contributed by atoms with Gasteiger partial charge in [-0.2, -0.15) is 0 Å². The molecule has 0 fully saturated rings. The Hall–Kier alpha value is -1.25. The molecule has 0 bridgehead atoms. The molecule has 2 rings (SSSR count). The first-order valence-electron chi connectivity index (χ1n) is 6.25. The zero-order valence-corrected chi connectivity index (χ0v) is 11.5. The maximum absolute atomic E-state index is 5.65. The van der Waals surface area contributed by atoms with E-state index in [9.17, 15) is 0 Å². The predicted molar refractivity (Wildman–Crippen MR) is 81.0 cm³/mol. The molecule has 0 aliphatic rings. The van der Waals surface area contributed by atoms with Gasteiger partial charge in [0.25, 0.3) is 0 Å². The molecule has 18 heavy (non-hydrogen) atoms. The fourth-order valence-electron chi connectivity index (χ4n) is 2.06. The van der Waals surface area contributed by atoms with Gasteiger partial charge in [0.15, 0.2) is 0 Å². The first kappa shape index (κ1) is 13.2. The Morgan fingerprint density at radius 2 is 1.67 bits per heavy atom. The highest BCUT2D eigenvalue weighted by Crippen LogP contribution is 2.36. The van der Waals surface area contributed by atoms with Crippen molar-refractivity contribution in [2.75, 3.05) is 12.3 Å². The quantitative estimate of drug-likeness (QED) is 0.882.